The molecule has 5 heteroatoms. The van der Waals surface area contributed by atoms with Gasteiger partial charge < -0.3 is 14.6 Å². The second kappa shape index (κ2) is 4.35. The summed E-state index contributed by atoms with van der Waals surface area (Å²) in [5.74, 6) is 0.772. The van der Waals surface area contributed by atoms with Crippen molar-refractivity contribution in [3.8, 4) is 28.7 Å². The lowest BCUT2D eigenvalue weighted by atomic mass is 10.0. The molecule has 3 aromatic heterocycles. The number of nitrogens with two attached hydrogens (primary N) is 1. The molecular weight excluding hydrogens is 242 g/mol. The van der Waals surface area contributed by atoms with Crippen LogP contribution in [0.4, 0.5) is 5.82 Å². The van der Waals surface area contributed by atoms with Crippen LogP contribution in [0.1, 0.15) is 5.56 Å². The molecule has 92 valence electrons. The predicted octanol–water partition coefficient (Wildman–Crippen LogP) is 3.06. The Balaban J connectivity index is 2.29. The fraction of sp³-hybridized carbons (Fsp3) is 0. The molecular formula is C14H9N3O2. The number of anilines is 1. The van der Waals surface area contributed by atoms with E-state index in [4.69, 9.17) is 19.8 Å². The molecule has 0 atom stereocenters. The fourth-order valence-corrected chi connectivity index (χ4v) is 1.86. The number of nitriles is 1. The highest BCUT2D eigenvalue weighted by molar-refractivity contribution is 5.81. The molecule has 0 aliphatic heterocycles. The Hall–Kier alpha value is -3.00. The van der Waals surface area contributed by atoms with Crippen LogP contribution in [0.25, 0.3) is 22.6 Å². The van der Waals surface area contributed by atoms with Gasteiger partial charge in [-0.1, -0.05) is 0 Å². The van der Waals surface area contributed by atoms with Crippen molar-refractivity contribution >= 4 is 5.82 Å². The quantitative estimate of drug-likeness (QED) is 0.756. The number of furan rings is 2. The van der Waals surface area contributed by atoms with Crippen molar-refractivity contribution in [3.63, 3.8) is 0 Å². The van der Waals surface area contributed by atoms with Crippen LogP contribution in [0, 0.1) is 11.3 Å². The molecule has 19 heavy (non-hydrogen) atoms. The zero-order valence-electron chi connectivity index (χ0n) is 9.83. The molecule has 0 amide bonds. The Bertz CT molecular complexity index is 738. The molecule has 5 nitrogen and oxygen atoms in total. The van der Waals surface area contributed by atoms with E-state index in [2.05, 4.69) is 4.98 Å². The first-order valence-electron chi connectivity index (χ1n) is 5.56. The largest absolute Gasteiger partial charge is 0.472 e. The fourth-order valence-electron chi connectivity index (χ4n) is 1.86. The van der Waals surface area contributed by atoms with E-state index in [0.717, 1.165) is 11.1 Å². The highest BCUT2D eigenvalue weighted by Gasteiger charge is 2.15. The van der Waals surface area contributed by atoms with Crippen LogP contribution in [-0.2, 0) is 0 Å². The first-order valence-corrected chi connectivity index (χ1v) is 5.56. The molecule has 3 heterocycles. The van der Waals surface area contributed by atoms with E-state index in [-0.39, 0.29) is 5.82 Å². The monoisotopic (exact) mass is 251 g/mol. The molecule has 0 aromatic carbocycles. The Labute approximate surface area is 108 Å². The standard InChI is InChI=1S/C14H9N3O2/c15-7-10-6-11(9-3-5-18-8-9)13(17-14(10)16)12-2-1-4-19-12/h1-6,8H,(H2,16,17). The highest BCUT2D eigenvalue weighted by atomic mass is 16.3. The van der Waals surface area contributed by atoms with Crippen molar-refractivity contribution in [2.24, 2.45) is 0 Å². The summed E-state index contributed by atoms with van der Waals surface area (Å²) < 4.78 is 10.4. The minimum Gasteiger partial charge on any atom is -0.472 e. The van der Waals surface area contributed by atoms with Gasteiger partial charge in [-0.2, -0.15) is 5.26 Å². The van der Waals surface area contributed by atoms with Crippen LogP contribution in [-0.4, -0.2) is 4.98 Å². The molecule has 0 saturated heterocycles. The summed E-state index contributed by atoms with van der Waals surface area (Å²) in [6.45, 7) is 0. The van der Waals surface area contributed by atoms with Gasteiger partial charge in [-0.25, -0.2) is 4.98 Å². The Morgan fingerprint density at radius 3 is 2.79 bits per heavy atom. The Morgan fingerprint density at radius 2 is 2.16 bits per heavy atom. The van der Waals surface area contributed by atoms with Crippen molar-refractivity contribution < 1.29 is 8.83 Å². The molecule has 3 rings (SSSR count). The summed E-state index contributed by atoms with van der Waals surface area (Å²) in [6.07, 6.45) is 4.70. The Kier molecular flexibility index (Phi) is 2.54. The van der Waals surface area contributed by atoms with Crippen LogP contribution in [0.3, 0.4) is 0 Å². The average molecular weight is 251 g/mol. The third kappa shape index (κ3) is 1.85. The lowest BCUT2D eigenvalue weighted by Crippen LogP contribution is -1.98. The van der Waals surface area contributed by atoms with Gasteiger partial charge in [-0.3, -0.25) is 0 Å². The topological polar surface area (TPSA) is 89.0 Å². The van der Waals surface area contributed by atoms with E-state index in [1.165, 1.54) is 0 Å². The number of aromatic nitrogens is 1. The van der Waals surface area contributed by atoms with Gasteiger partial charge in [-0.05, 0) is 24.3 Å². The maximum Gasteiger partial charge on any atom is 0.152 e. The Morgan fingerprint density at radius 1 is 1.26 bits per heavy atom. The van der Waals surface area contributed by atoms with Gasteiger partial charge in [0, 0.05) is 11.1 Å². The molecule has 0 radical (unpaired) electrons. The van der Waals surface area contributed by atoms with Crippen molar-refractivity contribution in [1.29, 1.82) is 5.26 Å². The van der Waals surface area contributed by atoms with Crippen LogP contribution in [0.2, 0.25) is 0 Å². The first-order chi connectivity index (χ1) is 9.29. The van der Waals surface area contributed by atoms with E-state index >= 15 is 0 Å². The van der Waals surface area contributed by atoms with Crippen molar-refractivity contribution in [3.05, 3.63) is 48.6 Å². The van der Waals surface area contributed by atoms with E-state index in [1.807, 2.05) is 6.07 Å². The van der Waals surface area contributed by atoms with Gasteiger partial charge in [0.15, 0.2) is 5.76 Å². The number of hydrogen-bond acceptors (Lipinski definition) is 5. The summed E-state index contributed by atoms with van der Waals surface area (Å²) in [7, 11) is 0. The molecule has 0 aliphatic carbocycles. The summed E-state index contributed by atoms with van der Waals surface area (Å²) in [5, 5.41) is 9.04. The van der Waals surface area contributed by atoms with E-state index in [0.29, 0.717) is 17.0 Å². The summed E-state index contributed by atoms with van der Waals surface area (Å²) in [4.78, 5) is 4.26. The number of rotatable bonds is 2. The lowest BCUT2D eigenvalue weighted by molar-refractivity contribution is 0.568. The summed E-state index contributed by atoms with van der Waals surface area (Å²) >= 11 is 0. The van der Waals surface area contributed by atoms with E-state index in [1.54, 1.807) is 43.1 Å². The number of pyridine rings is 1. The second-order valence-electron chi connectivity index (χ2n) is 3.92. The minimum absolute atomic E-state index is 0.182. The van der Waals surface area contributed by atoms with Gasteiger partial charge in [0.1, 0.15) is 17.6 Å². The van der Waals surface area contributed by atoms with Gasteiger partial charge >= 0.3 is 0 Å². The zero-order valence-corrected chi connectivity index (χ0v) is 9.83. The van der Waals surface area contributed by atoms with E-state index < -0.39 is 0 Å². The third-order valence-corrected chi connectivity index (χ3v) is 2.76. The second-order valence-corrected chi connectivity index (χ2v) is 3.92. The van der Waals surface area contributed by atoms with Crippen LogP contribution in [0.15, 0.2) is 51.9 Å². The number of hydrogen-bond donors (Lipinski definition) is 1. The van der Waals surface area contributed by atoms with Gasteiger partial charge in [0.2, 0.25) is 0 Å². The van der Waals surface area contributed by atoms with Crippen LogP contribution >= 0.6 is 0 Å². The smallest absolute Gasteiger partial charge is 0.152 e. The van der Waals surface area contributed by atoms with Crippen LogP contribution < -0.4 is 5.73 Å². The summed E-state index contributed by atoms with van der Waals surface area (Å²) in [6, 6.07) is 9.06. The minimum atomic E-state index is 0.182. The van der Waals surface area contributed by atoms with Crippen molar-refractivity contribution in [2.75, 3.05) is 5.73 Å². The summed E-state index contributed by atoms with van der Waals surface area (Å²) in [5.41, 5.74) is 8.23. The first kappa shape index (κ1) is 11.1. The molecule has 0 fully saturated rings. The lowest BCUT2D eigenvalue weighted by Gasteiger charge is -2.07. The maximum absolute atomic E-state index is 9.04. The highest BCUT2D eigenvalue weighted by Crippen LogP contribution is 2.33. The average Bonchev–Trinajstić information content (AvgIpc) is 3.11. The normalized spacial score (nSPS) is 10.3. The SMILES string of the molecule is N#Cc1cc(-c2ccoc2)c(-c2ccco2)nc1N. The molecule has 3 aromatic rings. The van der Waals surface area contributed by atoms with Crippen molar-refractivity contribution in [2.45, 2.75) is 0 Å². The zero-order chi connectivity index (χ0) is 13.2. The third-order valence-electron chi connectivity index (χ3n) is 2.76. The molecule has 2 N–H and O–H groups in total. The number of nitrogens with zero attached hydrogens (tertiary/aromatic N) is 2. The molecule has 0 unspecified atom stereocenters. The number of nitrogen functional groups attached to an aromatic ring is 1. The van der Waals surface area contributed by atoms with Gasteiger partial charge in [-0.15, -0.1) is 0 Å². The van der Waals surface area contributed by atoms with Crippen molar-refractivity contribution in [1.82, 2.24) is 4.98 Å². The molecule has 0 spiro atoms. The van der Waals surface area contributed by atoms with Gasteiger partial charge in [0.25, 0.3) is 0 Å². The van der Waals surface area contributed by atoms with Crippen LogP contribution in [0.5, 0.6) is 0 Å². The molecule has 0 saturated carbocycles. The van der Waals surface area contributed by atoms with Gasteiger partial charge in [0.05, 0.1) is 24.4 Å². The molecule has 0 bridgehead atoms. The predicted molar refractivity (Wildman–Crippen MR) is 68.8 cm³/mol. The van der Waals surface area contributed by atoms with E-state index in [9.17, 15) is 0 Å². The molecule has 0 aliphatic rings. The maximum atomic E-state index is 9.04.